The highest BCUT2D eigenvalue weighted by atomic mass is 35.5. The van der Waals surface area contributed by atoms with Gasteiger partial charge in [-0.2, -0.15) is 0 Å². The van der Waals surface area contributed by atoms with Gasteiger partial charge in [-0.1, -0.05) is 11.6 Å². The van der Waals surface area contributed by atoms with Crippen LogP contribution in [0.5, 0.6) is 0 Å². The molecule has 2 heterocycles. The van der Waals surface area contributed by atoms with Crippen LogP contribution in [0.2, 0.25) is 5.02 Å². The summed E-state index contributed by atoms with van der Waals surface area (Å²) in [6, 6.07) is 1.29. The molecule has 0 spiro atoms. The second-order valence-corrected chi connectivity index (χ2v) is 6.01. The zero-order valence-corrected chi connectivity index (χ0v) is 13.4. The predicted molar refractivity (Wildman–Crippen MR) is 80.5 cm³/mol. The molecule has 1 fully saturated rings. The van der Waals surface area contributed by atoms with Crippen LogP contribution in [0.3, 0.4) is 0 Å². The van der Waals surface area contributed by atoms with E-state index in [-0.39, 0.29) is 17.9 Å². The first kappa shape index (κ1) is 15.9. The summed E-state index contributed by atoms with van der Waals surface area (Å²) in [5, 5.41) is 0.527. The normalized spacial score (nSPS) is 18.9. The molecule has 1 aromatic heterocycles. The zero-order chi connectivity index (χ0) is 15.6. The molecule has 0 radical (unpaired) electrons. The Morgan fingerprint density at radius 3 is 2.71 bits per heavy atom. The Kier molecular flexibility index (Phi) is 4.93. The number of ether oxygens (including phenoxy) is 1. The van der Waals surface area contributed by atoms with Crippen LogP contribution >= 0.6 is 11.6 Å². The van der Waals surface area contributed by atoms with Crippen molar-refractivity contribution in [3.63, 3.8) is 0 Å². The van der Waals surface area contributed by atoms with Crippen LogP contribution in [0.15, 0.2) is 12.3 Å². The molecule has 2 rings (SSSR count). The predicted octanol–water partition coefficient (Wildman–Crippen LogP) is 2.89. The van der Waals surface area contributed by atoms with Gasteiger partial charge in [-0.05, 0) is 39.2 Å². The van der Waals surface area contributed by atoms with Gasteiger partial charge in [0.2, 0.25) is 0 Å². The summed E-state index contributed by atoms with van der Waals surface area (Å²) in [4.78, 5) is 26.3. The molecule has 1 atom stereocenters. The Bertz CT molecular complexity index is 539. The lowest BCUT2D eigenvalue weighted by molar-refractivity contribution is -0.147. The maximum atomic E-state index is 12.8. The monoisotopic (exact) mass is 312 g/mol. The summed E-state index contributed by atoms with van der Waals surface area (Å²) in [7, 11) is 1.35. The molecule has 0 bridgehead atoms. The third-order valence-electron chi connectivity index (χ3n) is 3.83. The van der Waals surface area contributed by atoms with Crippen molar-refractivity contribution in [2.45, 2.75) is 45.2 Å². The van der Waals surface area contributed by atoms with Crippen molar-refractivity contribution < 1.29 is 14.3 Å². The van der Waals surface area contributed by atoms with Gasteiger partial charge in [-0.3, -0.25) is 4.79 Å². The number of amides is 1. The minimum Gasteiger partial charge on any atom is -0.467 e. The van der Waals surface area contributed by atoms with Crippen LogP contribution in [0.1, 0.15) is 49.6 Å². The van der Waals surface area contributed by atoms with Gasteiger partial charge in [-0.25, -0.2) is 4.79 Å². The Morgan fingerprint density at radius 1 is 1.38 bits per heavy atom. The van der Waals surface area contributed by atoms with Crippen LogP contribution in [0.4, 0.5) is 0 Å². The number of rotatable bonds is 3. The zero-order valence-electron chi connectivity index (χ0n) is 12.6. The minimum absolute atomic E-state index is 0.123. The lowest BCUT2D eigenvalue weighted by atomic mass is 10.0. The molecule has 0 saturated carbocycles. The number of carbonyl (C=O) groups excluding carboxylic acids is 2. The molecule has 21 heavy (non-hydrogen) atoms. The topological polar surface area (TPSA) is 51.5 Å². The van der Waals surface area contributed by atoms with Crippen LogP contribution < -0.4 is 0 Å². The maximum absolute atomic E-state index is 12.8. The van der Waals surface area contributed by atoms with E-state index in [0.29, 0.717) is 23.7 Å². The molecule has 1 aromatic rings. The van der Waals surface area contributed by atoms with Crippen molar-refractivity contribution >= 4 is 23.5 Å². The van der Waals surface area contributed by atoms with Crippen LogP contribution in [-0.4, -0.2) is 41.0 Å². The molecule has 5 nitrogen and oxygen atoms in total. The largest absolute Gasteiger partial charge is 0.467 e. The first-order valence-corrected chi connectivity index (χ1v) is 7.59. The molecule has 1 aliphatic rings. The van der Waals surface area contributed by atoms with Crippen molar-refractivity contribution in [2.75, 3.05) is 13.7 Å². The summed E-state index contributed by atoms with van der Waals surface area (Å²) < 4.78 is 6.66. The van der Waals surface area contributed by atoms with Gasteiger partial charge in [-0.15, -0.1) is 0 Å². The fourth-order valence-corrected chi connectivity index (χ4v) is 2.96. The Morgan fingerprint density at radius 2 is 2.10 bits per heavy atom. The van der Waals surface area contributed by atoms with Crippen molar-refractivity contribution in [1.82, 2.24) is 9.47 Å². The van der Waals surface area contributed by atoms with E-state index in [4.69, 9.17) is 16.3 Å². The number of nitrogens with zero attached hydrogens (tertiary/aromatic N) is 2. The molecule has 1 saturated heterocycles. The number of piperidine rings is 1. The summed E-state index contributed by atoms with van der Waals surface area (Å²) in [6.07, 6.45) is 4.22. The molecule has 1 aliphatic heterocycles. The lowest BCUT2D eigenvalue weighted by Crippen LogP contribution is -2.49. The molecular weight excluding hydrogens is 292 g/mol. The fourth-order valence-electron chi connectivity index (χ4n) is 2.75. The molecule has 0 aromatic carbocycles. The molecule has 1 unspecified atom stereocenters. The molecular formula is C15H21ClN2O3. The van der Waals surface area contributed by atoms with Crippen molar-refractivity contribution in [2.24, 2.45) is 0 Å². The van der Waals surface area contributed by atoms with Gasteiger partial charge < -0.3 is 14.2 Å². The minimum atomic E-state index is -0.495. The third-order valence-corrected chi connectivity index (χ3v) is 4.03. The highest BCUT2D eigenvalue weighted by Crippen LogP contribution is 2.24. The summed E-state index contributed by atoms with van der Waals surface area (Å²) in [5.74, 6) is -0.512. The first-order valence-electron chi connectivity index (χ1n) is 7.22. The van der Waals surface area contributed by atoms with Gasteiger partial charge in [0.15, 0.2) is 0 Å². The highest BCUT2D eigenvalue weighted by molar-refractivity contribution is 6.31. The summed E-state index contributed by atoms with van der Waals surface area (Å²) in [5.41, 5.74) is 0.519. The number of hydrogen-bond acceptors (Lipinski definition) is 3. The van der Waals surface area contributed by atoms with Gasteiger partial charge in [0, 0.05) is 18.8 Å². The SMILES string of the molecule is COC(=O)C1CCCCN1C(=O)c1cc(Cl)cn1C(C)C. The number of methoxy groups -OCH3 is 1. The highest BCUT2D eigenvalue weighted by Gasteiger charge is 2.34. The van der Waals surface area contributed by atoms with Gasteiger partial charge >= 0.3 is 5.97 Å². The molecule has 0 N–H and O–H groups in total. The molecule has 0 aliphatic carbocycles. The first-order chi connectivity index (χ1) is 9.95. The Labute approximate surface area is 129 Å². The smallest absolute Gasteiger partial charge is 0.328 e. The summed E-state index contributed by atoms with van der Waals surface area (Å²) in [6.45, 7) is 4.54. The lowest BCUT2D eigenvalue weighted by Gasteiger charge is -2.34. The van der Waals surface area contributed by atoms with Crippen LogP contribution in [0.25, 0.3) is 0 Å². The van der Waals surface area contributed by atoms with E-state index in [2.05, 4.69) is 0 Å². The second kappa shape index (κ2) is 6.52. The molecule has 6 heteroatoms. The van der Waals surface area contributed by atoms with Crippen LogP contribution in [-0.2, 0) is 9.53 Å². The van der Waals surface area contributed by atoms with Crippen molar-refractivity contribution in [1.29, 1.82) is 0 Å². The molecule has 1 amide bonds. The quantitative estimate of drug-likeness (QED) is 0.806. The third kappa shape index (κ3) is 3.23. The summed E-state index contributed by atoms with van der Waals surface area (Å²) >= 11 is 6.04. The average molecular weight is 313 g/mol. The van der Waals surface area contributed by atoms with E-state index >= 15 is 0 Å². The number of halogens is 1. The fraction of sp³-hybridized carbons (Fsp3) is 0.600. The number of esters is 1. The molecule has 116 valence electrons. The van der Waals surface area contributed by atoms with E-state index < -0.39 is 6.04 Å². The number of carbonyl (C=O) groups is 2. The van der Waals surface area contributed by atoms with E-state index in [1.807, 2.05) is 18.4 Å². The van der Waals surface area contributed by atoms with Crippen molar-refractivity contribution in [3.05, 3.63) is 23.0 Å². The van der Waals surface area contributed by atoms with E-state index in [1.165, 1.54) is 7.11 Å². The van der Waals surface area contributed by atoms with Gasteiger partial charge in [0.05, 0.1) is 12.1 Å². The number of aromatic nitrogens is 1. The average Bonchev–Trinajstić information content (AvgIpc) is 2.88. The van der Waals surface area contributed by atoms with E-state index in [0.717, 1.165) is 12.8 Å². The van der Waals surface area contributed by atoms with E-state index in [1.54, 1.807) is 17.2 Å². The van der Waals surface area contributed by atoms with E-state index in [9.17, 15) is 9.59 Å². The van der Waals surface area contributed by atoms with Gasteiger partial charge in [0.1, 0.15) is 11.7 Å². The maximum Gasteiger partial charge on any atom is 0.328 e. The van der Waals surface area contributed by atoms with Crippen LogP contribution in [0, 0.1) is 0 Å². The number of hydrogen-bond donors (Lipinski definition) is 0. The Balaban J connectivity index is 2.31. The standard InChI is InChI=1S/C15H21ClN2O3/c1-10(2)18-9-11(16)8-13(18)14(19)17-7-5-4-6-12(17)15(20)21-3/h8-10,12H,4-7H2,1-3H3. The number of likely N-dealkylation sites (tertiary alicyclic amines) is 1. The second-order valence-electron chi connectivity index (χ2n) is 5.58. The van der Waals surface area contributed by atoms with Crippen molar-refractivity contribution in [3.8, 4) is 0 Å². The Hall–Kier alpha value is -1.49. The van der Waals surface area contributed by atoms with Gasteiger partial charge in [0.25, 0.3) is 5.91 Å².